The Morgan fingerprint density at radius 3 is 2.32 bits per heavy atom. The molecule has 1 atom stereocenters. The van der Waals surface area contributed by atoms with E-state index < -0.39 is 0 Å². The van der Waals surface area contributed by atoms with Crippen LogP contribution < -0.4 is 5.32 Å². The number of rotatable bonds is 4. The summed E-state index contributed by atoms with van der Waals surface area (Å²) in [5.41, 5.74) is 1.60. The van der Waals surface area contributed by atoms with Crippen LogP contribution in [0.4, 0.5) is 5.69 Å². The van der Waals surface area contributed by atoms with Gasteiger partial charge in [0.05, 0.1) is 33.4 Å². The van der Waals surface area contributed by atoms with Crippen molar-refractivity contribution in [2.24, 2.45) is 0 Å². The second kappa shape index (κ2) is 6.49. The van der Waals surface area contributed by atoms with Crippen LogP contribution in [0.15, 0.2) is 42.5 Å². The Labute approximate surface area is 126 Å². The first-order valence-corrected chi connectivity index (χ1v) is 6.82. The third-order valence-corrected chi connectivity index (χ3v) is 3.80. The van der Waals surface area contributed by atoms with Gasteiger partial charge < -0.3 is 10.4 Å². The van der Waals surface area contributed by atoms with E-state index in [1.54, 1.807) is 18.2 Å². The number of para-hydroxylation sites is 1. The van der Waals surface area contributed by atoms with Gasteiger partial charge in [0.2, 0.25) is 0 Å². The zero-order chi connectivity index (χ0) is 13.8. The molecule has 0 saturated heterocycles. The lowest BCUT2D eigenvalue weighted by Crippen LogP contribution is -2.15. The van der Waals surface area contributed by atoms with Crippen molar-refractivity contribution < 1.29 is 5.11 Å². The van der Waals surface area contributed by atoms with Crippen LogP contribution in [-0.4, -0.2) is 11.7 Å². The van der Waals surface area contributed by atoms with E-state index in [9.17, 15) is 5.11 Å². The maximum Gasteiger partial charge on any atom is 0.0746 e. The molecule has 2 nitrogen and oxygen atoms in total. The molecule has 100 valence electrons. The van der Waals surface area contributed by atoms with Crippen LogP contribution in [0.5, 0.6) is 0 Å². The van der Waals surface area contributed by atoms with Crippen molar-refractivity contribution in [2.75, 3.05) is 11.9 Å². The van der Waals surface area contributed by atoms with Crippen LogP contribution in [0.3, 0.4) is 0 Å². The minimum atomic E-state index is -0.297. The molecule has 0 spiro atoms. The molecule has 2 aromatic carbocycles. The average Bonchev–Trinajstić information content (AvgIpc) is 2.41. The molecule has 2 aromatic rings. The normalized spacial score (nSPS) is 12.2. The van der Waals surface area contributed by atoms with Gasteiger partial charge in [-0.1, -0.05) is 53.0 Å². The highest BCUT2D eigenvalue weighted by atomic mass is 35.5. The highest BCUT2D eigenvalue weighted by molar-refractivity contribution is 6.42. The van der Waals surface area contributed by atoms with Crippen LogP contribution in [0.25, 0.3) is 0 Å². The van der Waals surface area contributed by atoms with Gasteiger partial charge in [0, 0.05) is 0 Å². The summed E-state index contributed by atoms with van der Waals surface area (Å²) in [5.74, 6) is 0. The number of aliphatic hydroxyl groups is 1. The molecule has 0 saturated carbocycles. The molecule has 19 heavy (non-hydrogen) atoms. The Kier molecular flexibility index (Phi) is 4.94. The van der Waals surface area contributed by atoms with Crippen molar-refractivity contribution in [1.29, 1.82) is 0 Å². The van der Waals surface area contributed by atoms with E-state index in [1.807, 2.05) is 24.3 Å². The maximum absolute atomic E-state index is 9.51. The van der Waals surface area contributed by atoms with E-state index in [-0.39, 0.29) is 12.6 Å². The lowest BCUT2D eigenvalue weighted by Gasteiger charge is -2.19. The Balaban J connectivity index is 2.25. The minimum absolute atomic E-state index is 0.0802. The van der Waals surface area contributed by atoms with Gasteiger partial charge in [0.25, 0.3) is 0 Å². The molecule has 0 heterocycles. The molecule has 0 fully saturated rings. The Morgan fingerprint density at radius 2 is 1.68 bits per heavy atom. The van der Waals surface area contributed by atoms with Crippen LogP contribution >= 0.6 is 34.8 Å². The summed E-state index contributed by atoms with van der Waals surface area (Å²) in [4.78, 5) is 0. The van der Waals surface area contributed by atoms with E-state index in [2.05, 4.69) is 5.32 Å². The van der Waals surface area contributed by atoms with Crippen molar-refractivity contribution in [3.05, 3.63) is 63.1 Å². The smallest absolute Gasteiger partial charge is 0.0746 e. The molecule has 0 bridgehead atoms. The summed E-state index contributed by atoms with van der Waals surface area (Å²) < 4.78 is 0. The van der Waals surface area contributed by atoms with Crippen molar-refractivity contribution in [3.8, 4) is 0 Å². The molecule has 0 aliphatic rings. The first-order chi connectivity index (χ1) is 9.11. The Hall–Kier alpha value is -0.930. The van der Waals surface area contributed by atoms with Crippen LogP contribution in [0, 0.1) is 0 Å². The van der Waals surface area contributed by atoms with E-state index in [1.165, 1.54) is 0 Å². The zero-order valence-electron chi connectivity index (χ0n) is 9.91. The van der Waals surface area contributed by atoms with Crippen LogP contribution in [-0.2, 0) is 0 Å². The lowest BCUT2D eigenvalue weighted by molar-refractivity contribution is 0.276. The molecule has 2 rings (SSSR count). The fourth-order valence-electron chi connectivity index (χ4n) is 1.73. The number of benzene rings is 2. The van der Waals surface area contributed by atoms with Gasteiger partial charge in [0.15, 0.2) is 0 Å². The summed E-state index contributed by atoms with van der Waals surface area (Å²) >= 11 is 17.9. The first-order valence-electron chi connectivity index (χ1n) is 5.68. The number of hydrogen-bond donors (Lipinski definition) is 2. The standard InChI is InChI=1S/C14H12Cl3NO/c15-10-6-5-9(7-12(10)17)14(8-19)18-13-4-2-1-3-11(13)16/h1-7,14,18-19H,8H2. The van der Waals surface area contributed by atoms with Crippen molar-refractivity contribution in [3.63, 3.8) is 0 Å². The van der Waals surface area contributed by atoms with Crippen molar-refractivity contribution in [2.45, 2.75) is 6.04 Å². The topological polar surface area (TPSA) is 32.3 Å². The molecule has 0 aliphatic heterocycles. The van der Waals surface area contributed by atoms with Crippen LogP contribution in [0.1, 0.15) is 11.6 Å². The predicted octanol–water partition coefficient (Wildman–Crippen LogP) is 4.79. The van der Waals surface area contributed by atoms with Gasteiger partial charge >= 0.3 is 0 Å². The summed E-state index contributed by atoms with van der Waals surface area (Å²) in [6.07, 6.45) is 0. The van der Waals surface area contributed by atoms with Gasteiger partial charge in [-0.25, -0.2) is 0 Å². The number of halogens is 3. The molecule has 0 aromatic heterocycles. The summed E-state index contributed by atoms with van der Waals surface area (Å²) in [7, 11) is 0. The summed E-state index contributed by atoms with van der Waals surface area (Å²) in [5, 5.41) is 14.2. The molecule has 5 heteroatoms. The largest absolute Gasteiger partial charge is 0.394 e. The molecule has 1 unspecified atom stereocenters. The highest BCUT2D eigenvalue weighted by Gasteiger charge is 2.13. The second-order valence-corrected chi connectivity index (χ2v) is 5.25. The van der Waals surface area contributed by atoms with Gasteiger partial charge in [-0.2, -0.15) is 0 Å². The minimum Gasteiger partial charge on any atom is -0.394 e. The third-order valence-electron chi connectivity index (χ3n) is 2.73. The monoisotopic (exact) mass is 315 g/mol. The van der Waals surface area contributed by atoms with Gasteiger partial charge in [-0.05, 0) is 29.8 Å². The number of anilines is 1. The molecule has 0 aliphatic carbocycles. The Bertz CT molecular complexity index is 574. The van der Waals surface area contributed by atoms with Gasteiger partial charge in [0.1, 0.15) is 0 Å². The fraction of sp³-hybridized carbons (Fsp3) is 0.143. The first kappa shape index (κ1) is 14.5. The number of nitrogens with one attached hydrogen (secondary N) is 1. The van der Waals surface area contributed by atoms with Gasteiger partial charge in [-0.3, -0.25) is 0 Å². The lowest BCUT2D eigenvalue weighted by atomic mass is 10.1. The van der Waals surface area contributed by atoms with Crippen molar-refractivity contribution in [1.82, 2.24) is 0 Å². The number of hydrogen-bond acceptors (Lipinski definition) is 2. The van der Waals surface area contributed by atoms with E-state index >= 15 is 0 Å². The SMILES string of the molecule is OCC(Nc1ccccc1Cl)c1ccc(Cl)c(Cl)c1. The highest BCUT2D eigenvalue weighted by Crippen LogP contribution is 2.29. The molecule has 2 N–H and O–H groups in total. The Morgan fingerprint density at radius 1 is 0.947 bits per heavy atom. The predicted molar refractivity (Wildman–Crippen MR) is 81.4 cm³/mol. The number of aliphatic hydroxyl groups excluding tert-OH is 1. The maximum atomic E-state index is 9.51. The van der Waals surface area contributed by atoms with Crippen LogP contribution in [0.2, 0.25) is 15.1 Å². The summed E-state index contributed by atoms with van der Waals surface area (Å²) in [6.45, 7) is -0.0802. The van der Waals surface area contributed by atoms with E-state index in [0.717, 1.165) is 11.3 Å². The summed E-state index contributed by atoms with van der Waals surface area (Å²) in [6, 6.07) is 12.3. The fourth-order valence-corrected chi connectivity index (χ4v) is 2.23. The van der Waals surface area contributed by atoms with Crippen molar-refractivity contribution >= 4 is 40.5 Å². The van der Waals surface area contributed by atoms with E-state index in [4.69, 9.17) is 34.8 Å². The quantitative estimate of drug-likeness (QED) is 0.850. The van der Waals surface area contributed by atoms with E-state index in [0.29, 0.717) is 15.1 Å². The zero-order valence-corrected chi connectivity index (χ0v) is 12.2. The molecule has 0 amide bonds. The molecule has 0 radical (unpaired) electrons. The average molecular weight is 317 g/mol. The molecular weight excluding hydrogens is 305 g/mol. The second-order valence-electron chi connectivity index (χ2n) is 4.03. The van der Waals surface area contributed by atoms with Gasteiger partial charge in [-0.15, -0.1) is 0 Å². The molecular formula is C14H12Cl3NO. The third kappa shape index (κ3) is 3.54.